The molecule has 0 spiro atoms. The van der Waals surface area contributed by atoms with Crippen molar-refractivity contribution in [2.75, 3.05) is 6.54 Å². The van der Waals surface area contributed by atoms with Crippen molar-refractivity contribution < 1.29 is 22.7 Å². The quantitative estimate of drug-likeness (QED) is 0.856. The van der Waals surface area contributed by atoms with Crippen LogP contribution in [0.3, 0.4) is 0 Å². The van der Waals surface area contributed by atoms with Crippen LogP contribution in [0, 0.1) is 19.8 Å². The Kier molecular flexibility index (Phi) is 4.93. The Balaban J connectivity index is 2.02. The van der Waals surface area contributed by atoms with Crippen LogP contribution in [0.15, 0.2) is 10.3 Å². The molecule has 1 aromatic heterocycles. The molecule has 0 saturated heterocycles. The van der Waals surface area contributed by atoms with Crippen molar-refractivity contribution in [2.24, 2.45) is 5.92 Å². The molecule has 1 aliphatic carbocycles. The Labute approximate surface area is 133 Å². The summed E-state index contributed by atoms with van der Waals surface area (Å²) in [6.45, 7) is 3.12. The molecule has 2 rings (SSSR count). The maximum Gasteiger partial charge on any atom is 0.306 e. The molecule has 8 heteroatoms. The molecule has 1 aliphatic rings. The number of thiophene rings is 1. The number of hydrogen-bond donors (Lipinski definition) is 2. The van der Waals surface area contributed by atoms with Crippen LogP contribution < -0.4 is 4.72 Å². The third-order valence-corrected chi connectivity index (χ3v) is 7.02. The molecule has 1 heterocycles. The second-order valence-electron chi connectivity index (χ2n) is 5.89. The predicted octanol–water partition coefficient (Wildman–Crippen LogP) is 2.63. The third kappa shape index (κ3) is 3.67. The summed E-state index contributed by atoms with van der Waals surface area (Å²) in [4.78, 5) is 11.8. The normalized spacial score (nSPS) is 26.0. The number of nitrogens with one attached hydrogen (secondary N) is 1. The van der Waals surface area contributed by atoms with E-state index in [1.807, 2.05) is 0 Å². The van der Waals surface area contributed by atoms with E-state index in [1.54, 1.807) is 19.2 Å². The summed E-state index contributed by atoms with van der Waals surface area (Å²) in [5.41, 5.74) is -1.02. The standard InChI is InChI=1S/C14H20FNO4S2/c1-9-7-21-10(2)12(9)22(19,20)16-8-14(15)5-3-11(4-6-14)13(17)18/h7,11,16H,3-6,8H2,1-2H3,(H,17,18). The molecular weight excluding hydrogens is 329 g/mol. The van der Waals surface area contributed by atoms with Crippen molar-refractivity contribution >= 4 is 27.3 Å². The van der Waals surface area contributed by atoms with Crippen molar-refractivity contribution in [3.05, 3.63) is 15.8 Å². The van der Waals surface area contributed by atoms with E-state index in [0.29, 0.717) is 10.4 Å². The van der Waals surface area contributed by atoms with E-state index in [9.17, 15) is 17.6 Å². The number of carbonyl (C=O) groups is 1. The third-order valence-electron chi connectivity index (χ3n) is 4.17. The molecule has 124 valence electrons. The van der Waals surface area contributed by atoms with Gasteiger partial charge in [-0.3, -0.25) is 4.79 Å². The average Bonchev–Trinajstić information content (AvgIpc) is 2.77. The maximum absolute atomic E-state index is 14.7. The second-order valence-corrected chi connectivity index (χ2v) is 8.68. The van der Waals surface area contributed by atoms with E-state index >= 15 is 0 Å². The summed E-state index contributed by atoms with van der Waals surface area (Å²) >= 11 is 1.34. The first-order chi connectivity index (χ1) is 10.1. The molecule has 0 unspecified atom stereocenters. The molecule has 0 amide bonds. The van der Waals surface area contributed by atoms with Gasteiger partial charge in [-0.05, 0) is 50.5 Å². The number of carboxylic acids is 1. The molecule has 1 saturated carbocycles. The fourth-order valence-corrected chi connectivity index (χ4v) is 5.56. The number of aryl methyl sites for hydroxylation is 2. The van der Waals surface area contributed by atoms with Gasteiger partial charge in [0, 0.05) is 11.4 Å². The van der Waals surface area contributed by atoms with Gasteiger partial charge in [-0.25, -0.2) is 17.5 Å². The second kappa shape index (κ2) is 6.25. The largest absolute Gasteiger partial charge is 0.481 e. The SMILES string of the molecule is Cc1csc(C)c1S(=O)(=O)NCC1(F)CCC(C(=O)O)CC1. The first kappa shape index (κ1) is 17.4. The minimum absolute atomic E-state index is 0.0636. The summed E-state index contributed by atoms with van der Waals surface area (Å²) in [5.74, 6) is -1.44. The summed E-state index contributed by atoms with van der Waals surface area (Å²) in [7, 11) is -3.74. The Morgan fingerprint density at radius 2 is 2.05 bits per heavy atom. The molecule has 0 aliphatic heterocycles. The van der Waals surface area contributed by atoms with Crippen LogP contribution in [-0.2, 0) is 14.8 Å². The lowest BCUT2D eigenvalue weighted by Crippen LogP contribution is -2.43. The van der Waals surface area contributed by atoms with Gasteiger partial charge in [0.25, 0.3) is 0 Å². The van der Waals surface area contributed by atoms with Gasteiger partial charge in [-0.1, -0.05) is 0 Å². The summed E-state index contributed by atoms with van der Waals surface area (Å²) in [6, 6.07) is 0. The number of sulfonamides is 1. The minimum atomic E-state index is -3.74. The lowest BCUT2D eigenvalue weighted by Gasteiger charge is -2.32. The monoisotopic (exact) mass is 349 g/mol. The number of alkyl halides is 1. The lowest BCUT2D eigenvalue weighted by atomic mass is 9.80. The van der Waals surface area contributed by atoms with Gasteiger partial charge in [0.2, 0.25) is 10.0 Å². The van der Waals surface area contributed by atoms with Gasteiger partial charge < -0.3 is 5.11 Å². The van der Waals surface area contributed by atoms with Gasteiger partial charge in [0.15, 0.2) is 0 Å². The number of aliphatic carboxylic acids is 1. The van der Waals surface area contributed by atoms with Crippen LogP contribution in [0.2, 0.25) is 0 Å². The number of hydrogen-bond acceptors (Lipinski definition) is 4. The Bertz CT molecular complexity index is 641. The topological polar surface area (TPSA) is 83.5 Å². The fourth-order valence-electron chi connectivity index (χ4n) is 2.82. The highest BCUT2D eigenvalue weighted by molar-refractivity contribution is 7.89. The van der Waals surface area contributed by atoms with Crippen molar-refractivity contribution in [3.8, 4) is 0 Å². The van der Waals surface area contributed by atoms with Crippen LogP contribution in [0.1, 0.15) is 36.1 Å². The smallest absolute Gasteiger partial charge is 0.306 e. The highest BCUT2D eigenvalue weighted by atomic mass is 32.2. The molecule has 1 aromatic rings. The van der Waals surface area contributed by atoms with E-state index in [1.165, 1.54) is 11.3 Å². The van der Waals surface area contributed by atoms with Crippen LogP contribution in [0.25, 0.3) is 0 Å². The van der Waals surface area contributed by atoms with E-state index in [-0.39, 0.29) is 37.1 Å². The fraction of sp³-hybridized carbons (Fsp3) is 0.643. The minimum Gasteiger partial charge on any atom is -0.481 e. The Morgan fingerprint density at radius 3 is 2.50 bits per heavy atom. The highest BCUT2D eigenvalue weighted by Gasteiger charge is 2.38. The van der Waals surface area contributed by atoms with Crippen molar-refractivity contribution in [3.63, 3.8) is 0 Å². The van der Waals surface area contributed by atoms with Crippen molar-refractivity contribution in [1.29, 1.82) is 0 Å². The summed E-state index contributed by atoms with van der Waals surface area (Å²) in [6.07, 6.45) is 0.607. The predicted molar refractivity (Wildman–Crippen MR) is 82.4 cm³/mol. The molecule has 0 radical (unpaired) electrons. The lowest BCUT2D eigenvalue weighted by molar-refractivity contribution is -0.143. The molecule has 2 N–H and O–H groups in total. The molecule has 0 atom stereocenters. The molecule has 1 fully saturated rings. The molecular formula is C14H20FNO4S2. The van der Waals surface area contributed by atoms with E-state index in [2.05, 4.69) is 4.72 Å². The number of halogens is 1. The molecule has 0 aromatic carbocycles. The van der Waals surface area contributed by atoms with Gasteiger partial charge >= 0.3 is 5.97 Å². The molecule has 22 heavy (non-hydrogen) atoms. The number of rotatable bonds is 5. The molecule has 0 bridgehead atoms. The Morgan fingerprint density at radius 1 is 1.45 bits per heavy atom. The van der Waals surface area contributed by atoms with Gasteiger partial charge in [0.05, 0.1) is 10.8 Å². The first-order valence-corrected chi connectivity index (χ1v) is 9.47. The van der Waals surface area contributed by atoms with E-state index < -0.39 is 27.6 Å². The number of carboxylic acid groups (broad SMARTS) is 1. The first-order valence-electron chi connectivity index (χ1n) is 7.11. The average molecular weight is 349 g/mol. The van der Waals surface area contributed by atoms with Crippen molar-refractivity contribution in [2.45, 2.75) is 50.1 Å². The highest BCUT2D eigenvalue weighted by Crippen LogP contribution is 2.35. The van der Waals surface area contributed by atoms with Gasteiger partial charge in [0.1, 0.15) is 5.67 Å². The zero-order valence-electron chi connectivity index (χ0n) is 12.6. The van der Waals surface area contributed by atoms with Crippen LogP contribution >= 0.6 is 11.3 Å². The van der Waals surface area contributed by atoms with Crippen LogP contribution in [-0.4, -0.2) is 31.7 Å². The van der Waals surface area contributed by atoms with Gasteiger partial charge in [-0.2, -0.15) is 0 Å². The zero-order chi connectivity index (χ0) is 16.5. The summed E-state index contributed by atoms with van der Waals surface area (Å²) in [5, 5.41) is 10.7. The zero-order valence-corrected chi connectivity index (χ0v) is 14.2. The Hall–Kier alpha value is -0.990. The van der Waals surface area contributed by atoms with Gasteiger partial charge in [-0.15, -0.1) is 11.3 Å². The summed E-state index contributed by atoms with van der Waals surface area (Å²) < 4.78 is 41.7. The van der Waals surface area contributed by atoms with E-state index in [0.717, 1.165) is 0 Å². The van der Waals surface area contributed by atoms with E-state index in [4.69, 9.17) is 5.11 Å². The van der Waals surface area contributed by atoms with Crippen molar-refractivity contribution in [1.82, 2.24) is 4.72 Å². The maximum atomic E-state index is 14.7. The molecule has 5 nitrogen and oxygen atoms in total. The van der Waals surface area contributed by atoms with Crippen LogP contribution in [0.4, 0.5) is 4.39 Å². The van der Waals surface area contributed by atoms with Crippen LogP contribution in [0.5, 0.6) is 0 Å².